The number of amides is 1. The molecule has 4 rings (SSSR count). The lowest BCUT2D eigenvalue weighted by molar-refractivity contribution is 0.0600. The van der Waals surface area contributed by atoms with Gasteiger partial charge in [0, 0.05) is 29.7 Å². The van der Waals surface area contributed by atoms with Gasteiger partial charge in [0.15, 0.2) is 0 Å². The first-order valence-electron chi connectivity index (χ1n) is 9.47. The number of hydrogen-bond donors (Lipinski definition) is 1. The molecule has 2 aromatic carbocycles. The molecule has 0 saturated heterocycles. The summed E-state index contributed by atoms with van der Waals surface area (Å²) in [6.45, 7) is 0.857. The average Bonchev–Trinajstić information content (AvgIpc) is 2.78. The van der Waals surface area contributed by atoms with Gasteiger partial charge in [-0.2, -0.15) is 0 Å². The molecule has 6 heteroatoms. The van der Waals surface area contributed by atoms with Crippen molar-refractivity contribution >= 4 is 29.1 Å². The minimum atomic E-state index is -0.448. The fourth-order valence-electron chi connectivity index (χ4n) is 3.52. The number of fused-ring (bicyclic) bond motifs is 1. The maximum Gasteiger partial charge on any atom is 0.337 e. The number of carbonyl (C=O) groups is 2. The van der Waals surface area contributed by atoms with Crippen molar-refractivity contribution in [3.8, 4) is 0 Å². The lowest BCUT2D eigenvalue weighted by Gasteiger charge is -2.30. The van der Waals surface area contributed by atoms with Gasteiger partial charge in [-0.1, -0.05) is 24.3 Å². The van der Waals surface area contributed by atoms with Crippen molar-refractivity contribution in [2.45, 2.75) is 12.8 Å². The number of carbonyl (C=O) groups excluding carboxylic acids is 2. The third-order valence-corrected chi connectivity index (χ3v) is 4.94. The number of aryl methyl sites for hydroxylation is 1. The van der Waals surface area contributed by atoms with Crippen LogP contribution in [0.5, 0.6) is 0 Å². The summed E-state index contributed by atoms with van der Waals surface area (Å²) in [5.41, 5.74) is 3.83. The molecule has 6 nitrogen and oxygen atoms in total. The van der Waals surface area contributed by atoms with E-state index in [9.17, 15) is 9.59 Å². The van der Waals surface area contributed by atoms with Crippen LogP contribution in [-0.4, -0.2) is 30.5 Å². The Morgan fingerprint density at radius 2 is 1.90 bits per heavy atom. The maximum atomic E-state index is 12.8. The second-order valence-corrected chi connectivity index (χ2v) is 6.81. The minimum absolute atomic E-state index is 0.263. The molecule has 3 aromatic rings. The molecule has 1 aromatic heterocycles. The van der Waals surface area contributed by atoms with E-state index in [0.717, 1.165) is 30.9 Å². The van der Waals surface area contributed by atoms with Crippen LogP contribution in [-0.2, 0) is 11.2 Å². The summed E-state index contributed by atoms with van der Waals surface area (Å²) in [4.78, 5) is 31.1. The Kier molecular flexibility index (Phi) is 5.24. The Labute approximate surface area is 169 Å². The van der Waals surface area contributed by atoms with E-state index >= 15 is 0 Å². The van der Waals surface area contributed by atoms with Crippen LogP contribution in [0, 0.1) is 0 Å². The fourth-order valence-corrected chi connectivity index (χ4v) is 3.52. The number of hydrogen-bond acceptors (Lipinski definition) is 5. The highest BCUT2D eigenvalue weighted by atomic mass is 16.5. The van der Waals surface area contributed by atoms with E-state index in [2.05, 4.69) is 27.3 Å². The van der Waals surface area contributed by atoms with Gasteiger partial charge in [-0.3, -0.25) is 4.79 Å². The van der Waals surface area contributed by atoms with E-state index in [1.807, 2.05) is 12.1 Å². The number of pyridine rings is 1. The van der Waals surface area contributed by atoms with Gasteiger partial charge in [-0.15, -0.1) is 0 Å². The van der Waals surface area contributed by atoms with Crippen molar-refractivity contribution in [3.05, 3.63) is 83.6 Å². The summed E-state index contributed by atoms with van der Waals surface area (Å²) < 4.78 is 4.73. The van der Waals surface area contributed by atoms with Crippen LogP contribution in [0.1, 0.15) is 32.7 Å². The van der Waals surface area contributed by atoms with Crippen LogP contribution in [0.15, 0.2) is 66.9 Å². The molecule has 0 fully saturated rings. The number of para-hydroxylation sites is 1. The van der Waals surface area contributed by atoms with E-state index in [0.29, 0.717) is 16.8 Å². The molecular formula is C23H21N3O3. The maximum absolute atomic E-state index is 12.8. The molecule has 0 atom stereocenters. The van der Waals surface area contributed by atoms with Crippen molar-refractivity contribution in [2.24, 2.45) is 0 Å². The van der Waals surface area contributed by atoms with Gasteiger partial charge >= 0.3 is 5.97 Å². The van der Waals surface area contributed by atoms with Crippen molar-refractivity contribution in [3.63, 3.8) is 0 Å². The summed E-state index contributed by atoms with van der Waals surface area (Å²) in [6.07, 6.45) is 3.73. The predicted octanol–water partition coefficient (Wildman–Crippen LogP) is 4.20. The highest BCUT2D eigenvalue weighted by Gasteiger charge is 2.20. The van der Waals surface area contributed by atoms with Gasteiger partial charge in [-0.25, -0.2) is 9.78 Å². The first-order chi connectivity index (χ1) is 14.2. The number of nitrogens with one attached hydrogen (secondary N) is 1. The summed E-state index contributed by atoms with van der Waals surface area (Å²) in [5, 5.41) is 2.83. The zero-order valence-electron chi connectivity index (χ0n) is 16.1. The number of aromatic nitrogens is 1. The SMILES string of the molecule is COC(=O)c1cccc(NC(=O)c2ccnc(N3CCCc4ccccc43)c2)c1. The minimum Gasteiger partial charge on any atom is -0.465 e. The molecule has 146 valence electrons. The molecule has 0 saturated carbocycles. The molecule has 1 aliphatic heterocycles. The van der Waals surface area contributed by atoms with E-state index < -0.39 is 5.97 Å². The van der Waals surface area contributed by atoms with Gasteiger partial charge in [0.2, 0.25) is 0 Å². The van der Waals surface area contributed by atoms with Crippen LogP contribution in [0.25, 0.3) is 0 Å². The monoisotopic (exact) mass is 387 g/mol. The molecule has 0 radical (unpaired) electrons. The van der Waals surface area contributed by atoms with Crippen molar-refractivity contribution in [1.82, 2.24) is 4.98 Å². The number of anilines is 3. The quantitative estimate of drug-likeness (QED) is 0.679. The number of rotatable bonds is 4. The van der Waals surface area contributed by atoms with Crippen LogP contribution in [0.4, 0.5) is 17.2 Å². The summed E-state index contributed by atoms with van der Waals surface area (Å²) in [7, 11) is 1.32. The molecule has 1 amide bonds. The molecule has 0 bridgehead atoms. The highest BCUT2D eigenvalue weighted by molar-refractivity contribution is 6.05. The zero-order chi connectivity index (χ0) is 20.2. The first kappa shape index (κ1) is 18.7. The van der Waals surface area contributed by atoms with E-state index in [1.54, 1.807) is 42.6 Å². The smallest absolute Gasteiger partial charge is 0.337 e. The largest absolute Gasteiger partial charge is 0.465 e. The summed E-state index contributed by atoms with van der Waals surface area (Å²) in [6, 6.07) is 18.4. The molecule has 0 aliphatic carbocycles. The topological polar surface area (TPSA) is 71.5 Å². The van der Waals surface area contributed by atoms with Gasteiger partial charge in [0.1, 0.15) is 5.82 Å². The summed E-state index contributed by atoms with van der Waals surface area (Å²) >= 11 is 0. The number of methoxy groups -OCH3 is 1. The molecule has 29 heavy (non-hydrogen) atoms. The number of esters is 1. The molecule has 2 heterocycles. The van der Waals surface area contributed by atoms with Crippen molar-refractivity contribution < 1.29 is 14.3 Å². The van der Waals surface area contributed by atoms with E-state index in [4.69, 9.17) is 4.74 Å². The summed E-state index contributed by atoms with van der Waals surface area (Å²) in [5.74, 6) is 0.0325. The number of benzene rings is 2. The zero-order valence-corrected chi connectivity index (χ0v) is 16.1. The van der Waals surface area contributed by atoms with E-state index in [1.165, 1.54) is 12.7 Å². The van der Waals surface area contributed by atoms with Gasteiger partial charge in [-0.05, 0) is 54.8 Å². The molecule has 1 N–H and O–H groups in total. The highest BCUT2D eigenvalue weighted by Crippen LogP contribution is 2.32. The van der Waals surface area contributed by atoms with Crippen LogP contribution >= 0.6 is 0 Å². The molecular weight excluding hydrogens is 366 g/mol. The normalized spacial score (nSPS) is 12.8. The Balaban J connectivity index is 1.57. The molecule has 0 unspecified atom stereocenters. The Hall–Kier alpha value is -3.67. The lowest BCUT2D eigenvalue weighted by atomic mass is 10.0. The second kappa shape index (κ2) is 8.14. The Morgan fingerprint density at radius 1 is 1.03 bits per heavy atom. The van der Waals surface area contributed by atoms with Crippen molar-refractivity contribution in [2.75, 3.05) is 23.9 Å². The third-order valence-electron chi connectivity index (χ3n) is 4.94. The first-order valence-corrected chi connectivity index (χ1v) is 9.47. The lowest BCUT2D eigenvalue weighted by Crippen LogP contribution is -2.25. The Morgan fingerprint density at radius 3 is 2.76 bits per heavy atom. The van der Waals surface area contributed by atoms with Gasteiger partial charge in [0.05, 0.1) is 12.7 Å². The fraction of sp³-hybridized carbons (Fsp3) is 0.174. The van der Waals surface area contributed by atoms with Crippen LogP contribution in [0.3, 0.4) is 0 Å². The predicted molar refractivity (Wildman–Crippen MR) is 112 cm³/mol. The van der Waals surface area contributed by atoms with Crippen LogP contribution < -0.4 is 10.2 Å². The Bertz CT molecular complexity index is 1060. The van der Waals surface area contributed by atoms with Crippen LogP contribution in [0.2, 0.25) is 0 Å². The number of ether oxygens (including phenoxy) is 1. The standard InChI is InChI=1S/C23H21N3O3/c1-29-23(28)18-7-4-9-19(14-18)25-22(27)17-11-12-24-21(15-17)26-13-5-8-16-6-2-3-10-20(16)26/h2-4,6-7,9-12,14-15H,5,8,13H2,1H3,(H,25,27). The number of nitrogens with zero attached hydrogens (tertiary/aromatic N) is 2. The van der Waals surface area contributed by atoms with Gasteiger partial charge in [0.25, 0.3) is 5.91 Å². The average molecular weight is 387 g/mol. The van der Waals surface area contributed by atoms with E-state index in [-0.39, 0.29) is 5.91 Å². The third kappa shape index (κ3) is 3.96. The molecule has 0 spiro atoms. The second-order valence-electron chi connectivity index (χ2n) is 6.81. The molecule has 1 aliphatic rings. The van der Waals surface area contributed by atoms with Crippen molar-refractivity contribution in [1.29, 1.82) is 0 Å². The van der Waals surface area contributed by atoms with Gasteiger partial charge < -0.3 is 15.0 Å².